The summed E-state index contributed by atoms with van der Waals surface area (Å²) in [6.45, 7) is 1.89. The van der Waals surface area contributed by atoms with Gasteiger partial charge in [-0.25, -0.2) is 0 Å². The molecule has 0 saturated heterocycles. The highest BCUT2D eigenvalue weighted by Crippen LogP contribution is 2.01. The van der Waals surface area contributed by atoms with Crippen molar-refractivity contribution in [3.8, 4) is 0 Å². The van der Waals surface area contributed by atoms with Gasteiger partial charge in [-0.3, -0.25) is 0 Å². The fourth-order valence-corrected chi connectivity index (χ4v) is 1.22. The largest absolute Gasteiger partial charge is 0.379 e. The van der Waals surface area contributed by atoms with Gasteiger partial charge in [-0.15, -0.1) is 20.2 Å². The van der Waals surface area contributed by atoms with E-state index in [2.05, 4.69) is 16.6 Å². The quantitative estimate of drug-likeness (QED) is 0.297. The van der Waals surface area contributed by atoms with Crippen LogP contribution in [-0.4, -0.2) is 36.1 Å². The van der Waals surface area contributed by atoms with Crippen molar-refractivity contribution in [3.63, 3.8) is 0 Å². The molecular weight excluding hydrogens is 248 g/mol. The van der Waals surface area contributed by atoms with Crippen molar-refractivity contribution in [2.75, 3.05) is 19.8 Å². The van der Waals surface area contributed by atoms with Crippen LogP contribution in [-0.2, 0) is 14.4 Å². The summed E-state index contributed by atoms with van der Waals surface area (Å²) in [5.41, 5.74) is 0. The van der Waals surface area contributed by atoms with Crippen molar-refractivity contribution in [2.24, 2.45) is 0 Å². The lowest BCUT2D eigenvalue weighted by atomic mass is 10.2. The van der Waals surface area contributed by atoms with Gasteiger partial charge in [0.15, 0.2) is 6.10 Å². The third kappa shape index (κ3) is 10.9. The second kappa shape index (κ2) is 10.5. The molecule has 1 unspecified atom stereocenters. The summed E-state index contributed by atoms with van der Waals surface area (Å²) < 4.78 is 5.14. The summed E-state index contributed by atoms with van der Waals surface area (Å²) in [4.78, 5) is 28.3. The number of ether oxygens (including phenoxy) is 1. The first-order chi connectivity index (χ1) is 8.56. The lowest BCUT2D eigenvalue weighted by molar-refractivity contribution is -0.790. The molecule has 18 heavy (non-hydrogen) atoms. The molecule has 0 aromatic carbocycles. The van der Waals surface area contributed by atoms with E-state index in [9.17, 15) is 20.2 Å². The summed E-state index contributed by atoms with van der Waals surface area (Å²) in [5.74, 6) is 0. The topological polar surface area (TPSA) is 114 Å². The van der Waals surface area contributed by atoms with Crippen LogP contribution in [0.15, 0.2) is 0 Å². The Morgan fingerprint density at radius 2 is 1.78 bits per heavy atom. The number of nitrogens with zero attached hydrogens (tertiary/aromatic N) is 2. The molecule has 0 bridgehead atoms. The Hall–Kier alpha value is -1.64. The highest BCUT2D eigenvalue weighted by molar-refractivity contribution is 4.51. The number of unbranched alkanes of at least 4 members (excludes halogenated alkanes) is 3. The predicted octanol–water partition coefficient (Wildman–Crippen LogP) is 1.37. The van der Waals surface area contributed by atoms with Crippen LogP contribution in [0.5, 0.6) is 0 Å². The Morgan fingerprint density at radius 1 is 1.06 bits per heavy atom. The van der Waals surface area contributed by atoms with E-state index in [4.69, 9.17) is 4.74 Å². The average Bonchev–Trinajstić information content (AvgIpc) is 2.29. The minimum atomic E-state index is -1.09. The highest BCUT2D eigenvalue weighted by Gasteiger charge is 2.15. The molecule has 0 N–H and O–H groups in total. The molecule has 0 saturated carbocycles. The molecule has 9 heteroatoms. The lowest BCUT2D eigenvalue weighted by Gasteiger charge is -2.13. The zero-order valence-electron chi connectivity index (χ0n) is 10.3. The van der Waals surface area contributed by atoms with Crippen LogP contribution in [0, 0.1) is 20.2 Å². The van der Waals surface area contributed by atoms with Crippen molar-refractivity contribution >= 4 is 0 Å². The van der Waals surface area contributed by atoms with Gasteiger partial charge in [-0.2, -0.15) is 0 Å². The fraction of sp³-hybridized carbons (Fsp3) is 1.00. The van der Waals surface area contributed by atoms with Gasteiger partial charge in [0.2, 0.25) is 0 Å². The number of rotatable bonds is 12. The smallest absolute Gasteiger partial charge is 0.294 e. The maximum Gasteiger partial charge on any atom is 0.294 e. The molecule has 0 aromatic rings. The lowest BCUT2D eigenvalue weighted by Crippen LogP contribution is -2.29. The van der Waals surface area contributed by atoms with E-state index in [1.54, 1.807) is 0 Å². The van der Waals surface area contributed by atoms with Gasteiger partial charge >= 0.3 is 0 Å². The number of hydrogen-bond acceptors (Lipinski definition) is 7. The molecule has 0 rings (SSSR count). The molecule has 0 aliphatic rings. The Kier molecular flexibility index (Phi) is 9.55. The molecule has 1 atom stereocenters. The van der Waals surface area contributed by atoms with E-state index in [0.29, 0.717) is 6.61 Å². The molecule has 0 aliphatic carbocycles. The number of hydrogen-bond donors (Lipinski definition) is 0. The summed E-state index contributed by atoms with van der Waals surface area (Å²) in [5, 5.41) is 18.0. The fourth-order valence-electron chi connectivity index (χ4n) is 1.22. The summed E-state index contributed by atoms with van der Waals surface area (Å²) in [6.07, 6.45) is 2.97. The van der Waals surface area contributed by atoms with E-state index in [0.717, 1.165) is 25.7 Å². The zero-order chi connectivity index (χ0) is 13.8. The van der Waals surface area contributed by atoms with Crippen LogP contribution in [0.25, 0.3) is 0 Å². The molecule has 0 fully saturated rings. The second-order valence-corrected chi connectivity index (χ2v) is 3.61. The van der Waals surface area contributed by atoms with Crippen molar-refractivity contribution < 1.29 is 24.6 Å². The maximum atomic E-state index is 10.1. The third-order valence-electron chi connectivity index (χ3n) is 2.05. The Bertz CT molecular complexity index is 249. The van der Waals surface area contributed by atoms with Gasteiger partial charge in [-0.05, 0) is 6.42 Å². The Balaban J connectivity index is 3.71. The predicted molar refractivity (Wildman–Crippen MR) is 59.8 cm³/mol. The Labute approximate surface area is 104 Å². The van der Waals surface area contributed by atoms with Crippen LogP contribution >= 0.6 is 0 Å². The van der Waals surface area contributed by atoms with E-state index in [1.807, 2.05) is 0 Å². The standard InChI is InChI=1S/C9H18N2O7/c1-2-3-4-5-6-16-7-9(18-11(14)15)8-17-10(12)13/h9H,2-8H2,1H3. The van der Waals surface area contributed by atoms with Crippen LogP contribution in [0.1, 0.15) is 32.6 Å². The van der Waals surface area contributed by atoms with Crippen LogP contribution in [0.2, 0.25) is 0 Å². The van der Waals surface area contributed by atoms with Crippen molar-refractivity contribution in [3.05, 3.63) is 20.2 Å². The van der Waals surface area contributed by atoms with Crippen LogP contribution < -0.4 is 0 Å². The molecule has 106 valence electrons. The summed E-state index contributed by atoms with van der Waals surface area (Å²) in [7, 11) is 0. The van der Waals surface area contributed by atoms with Gasteiger partial charge in [0.05, 0.1) is 6.61 Å². The minimum Gasteiger partial charge on any atom is -0.379 e. The second-order valence-electron chi connectivity index (χ2n) is 3.61. The molecule has 0 amide bonds. The molecule has 0 radical (unpaired) electrons. The molecule has 0 aromatic heterocycles. The van der Waals surface area contributed by atoms with E-state index < -0.39 is 22.9 Å². The van der Waals surface area contributed by atoms with E-state index >= 15 is 0 Å². The molecule has 0 aliphatic heterocycles. The molecule has 0 heterocycles. The first kappa shape index (κ1) is 16.4. The van der Waals surface area contributed by atoms with Crippen LogP contribution in [0.4, 0.5) is 0 Å². The van der Waals surface area contributed by atoms with Gasteiger partial charge in [-0.1, -0.05) is 26.2 Å². The van der Waals surface area contributed by atoms with E-state index in [-0.39, 0.29) is 6.61 Å². The SMILES string of the molecule is CCCCCCOCC(CO[N+](=O)[O-])O[N+](=O)[O-]. The van der Waals surface area contributed by atoms with Crippen molar-refractivity contribution in [2.45, 2.75) is 38.7 Å². The molecular formula is C9H18N2O7. The summed E-state index contributed by atoms with van der Waals surface area (Å²) in [6, 6.07) is 0. The summed E-state index contributed by atoms with van der Waals surface area (Å²) >= 11 is 0. The normalized spacial score (nSPS) is 11.8. The van der Waals surface area contributed by atoms with Gasteiger partial charge in [0, 0.05) is 6.61 Å². The highest BCUT2D eigenvalue weighted by atomic mass is 17.0. The molecule has 9 nitrogen and oxygen atoms in total. The molecule has 0 spiro atoms. The van der Waals surface area contributed by atoms with Crippen molar-refractivity contribution in [1.82, 2.24) is 0 Å². The zero-order valence-corrected chi connectivity index (χ0v) is 10.3. The average molecular weight is 266 g/mol. The third-order valence-corrected chi connectivity index (χ3v) is 2.05. The maximum absolute atomic E-state index is 10.1. The van der Waals surface area contributed by atoms with Gasteiger partial charge in [0.25, 0.3) is 10.2 Å². The van der Waals surface area contributed by atoms with E-state index in [1.165, 1.54) is 0 Å². The monoisotopic (exact) mass is 266 g/mol. The minimum absolute atomic E-state index is 0.110. The first-order valence-corrected chi connectivity index (χ1v) is 5.72. The van der Waals surface area contributed by atoms with Crippen molar-refractivity contribution in [1.29, 1.82) is 0 Å². The van der Waals surface area contributed by atoms with Gasteiger partial charge < -0.3 is 14.4 Å². The Morgan fingerprint density at radius 3 is 2.33 bits per heavy atom. The first-order valence-electron chi connectivity index (χ1n) is 5.72. The van der Waals surface area contributed by atoms with Crippen LogP contribution in [0.3, 0.4) is 0 Å². The van der Waals surface area contributed by atoms with Gasteiger partial charge in [0.1, 0.15) is 6.61 Å².